The minimum absolute atomic E-state index is 0.164. The number of sulfonamides is 1. The van der Waals surface area contributed by atoms with Crippen LogP contribution in [0.4, 0.5) is 5.69 Å². The molecule has 3 nitrogen and oxygen atoms in total. The lowest BCUT2D eigenvalue weighted by Crippen LogP contribution is -2.17. The van der Waals surface area contributed by atoms with E-state index in [0.29, 0.717) is 18.0 Å². The normalized spacial score (nSPS) is 11.8. The van der Waals surface area contributed by atoms with Crippen LogP contribution in [0.5, 0.6) is 0 Å². The van der Waals surface area contributed by atoms with Crippen LogP contribution in [0.2, 0.25) is 0 Å². The number of anilines is 1. The highest BCUT2D eigenvalue weighted by Gasteiger charge is 2.11. The first-order chi connectivity index (χ1) is 7.39. The summed E-state index contributed by atoms with van der Waals surface area (Å²) in [6, 6.07) is 7.13. The van der Waals surface area contributed by atoms with E-state index in [-0.39, 0.29) is 5.75 Å². The van der Waals surface area contributed by atoms with Gasteiger partial charge in [0.15, 0.2) is 0 Å². The molecule has 0 atom stereocenters. The highest BCUT2D eigenvalue weighted by atomic mass is 79.9. The molecule has 0 fully saturated rings. The molecule has 0 amide bonds. The van der Waals surface area contributed by atoms with Gasteiger partial charge in [-0.3, -0.25) is 4.72 Å². The number of halogens is 1. The molecule has 1 rings (SSSR count). The Labute approximate surface area is 105 Å². The van der Waals surface area contributed by atoms with E-state index in [1.807, 2.05) is 19.9 Å². The molecule has 0 aliphatic carbocycles. The summed E-state index contributed by atoms with van der Waals surface area (Å²) in [5, 5.41) is 0. The lowest BCUT2D eigenvalue weighted by Gasteiger charge is -2.09. The molecule has 0 saturated heterocycles. The summed E-state index contributed by atoms with van der Waals surface area (Å²) in [6.45, 7) is 4.02. The van der Waals surface area contributed by atoms with E-state index in [2.05, 4.69) is 20.7 Å². The van der Waals surface area contributed by atoms with Crippen molar-refractivity contribution in [3.8, 4) is 0 Å². The predicted molar refractivity (Wildman–Crippen MR) is 71.0 cm³/mol. The minimum atomic E-state index is -3.22. The molecule has 0 aromatic heterocycles. The highest BCUT2D eigenvalue weighted by molar-refractivity contribution is 9.10. The first kappa shape index (κ1) is 13.5. The van der Waals surface area contributed by atoms with Crippen molar-refractivity contribution in [2.45, 2.75) is 20.3 Å². The number of nitrogens with one attached hydrogen (secondary N) is 1. The maximum absolute atomic E-state index is 11.7. The first-order valence-electron chi connectivity index (χ1n) is 5.15. The van der Waals surface area contributed by atoms with E-state index in [1.165, 1.54) is 0 Å². The van der Waals surface area contributed by atoms with Crippen LogP contribution in [-0.4, -0.2) is 14.2 Å². The van der Waals surface area contributed by atoms with Gasteiger partial charge in [0.1, 0.15) is 0 Å². The third kappa shape index (κ3) is 4.99. The Hall–Kier alpha value is -0.550. The molecule has 5 heteroatoms. The Morgan fingerprint density at radius 1 is 1.38 bits per heavy atom. The molecule has 0 aliphatic rings. The van der Waals surface area contributed by atoms with Crippen molar-refractivity contribution in [1.82, 2.24) is 0 Å². The maximum atomic E-state index is 11.7. The topological polar surface area (TPSA) is 46.2 Å². The van der Waals surface area contributed by atoms with Crippen LogP contribution in [0.1, 0.15) is 20.3 Å². The molecule has 16 heavy (non-hydrogen) atoms. The second-order valence-electron chi connectivity index (χ2n) is 4.11. The van der Waals surface area contributed by atoms with E-state index < -0.39 is 10.0 Å². The zero-order valence-corrected chi connectivity index (χ0v) is 11.8. The van der Waals surface area contributed by atoms with Gasteiger partial charge in [0.05, 0.1) is 5.75 Å². The van der Waals surface area contributed by atoms with Gasteiger partial charge < -0.3 is 0 Å². The van der Waals surface area contributed by atoms with Crippen molar-refractivity contribution >= 4 is 31.6 Å². The summed E-state index contributed by atoms with van der Waals surface area (Å²) in [4.78, 5) is 0. The summed E-state index contributed by atoms with van der Waals surface area (Å²) >= 11 is 3.30. The van der Waals surface area contributed by atoms with Crippen molar-refractivity contribution in [1.29, 1.82) is 0 Å². The van der Waals surface area contributed by atoms with Crippen LogP contribution >= 0.6 is 15.9 Å². The van der Waals surface area contributed by atoms with Gasteiger partial charge in [0, 0.05) is 10.2 Å². The first-order valence-corrected chi connectivity index (χ1v) is 7.59. The fourth-order valence-electron chi connectivity index (χ4n) is 1.17. The van der Waals surface area contributed by atoms with Crippen LogP contribution < -0.4 is 4.72 Å². The average molecular weight is 306 g/mol. The third-order valence-electron chi connectivity index (χ3n) is 2.06. The predicted octanol–water partition coefficient (Wildman–Crippen LogP) is 3.24. The summed E-state index contributed by atoms with van der Waals surface area (Å²) in [6.07, 6.45) is 0.670. The van der Waals surface area contributed by atoms with Crippen LogP contribution in [-0.2, 0) is 10.0 Å². The highest BCUT2D eigenvalue weighted by Crippen LogP contribution is 2.17. The van der Waals surface area contributed by atoms with Gasteiger partial charge in [-0.25, -0.2) is 8.42 Å². The van der Waals surface area contributed by atoms with Gasteiger partial charge in [-0.1, -0.05) is 35.8 Å². The second kappa shape index (κ2) is 5.68. The van der Waals surface area contributed by atoms with Crippen molar-refractivity contribution in [2.24, 2.45) is 5.92 Å². The molecule has 0 heterocycles. The molecule has 1 aromatic carbocycles. The number of rotatable bonds is 5. The smallest absolute Gasteiger partial charge is 0.232 e. The molecule has 0 spiro atoms. The standard InChI is InChI=1S/C11H16BrNO2S/c1-9(2)6-7-16(14,15)13-11-5-3-4-10(12)8-11/h3-5,8-9,13H,6-7H2,1-2H3. The zero-order valence-electron chi connectivity index (χ0n) is 9.40. The van der Waals surface area contributed by atoms with Gasteiger partial charge in [0.25, 0.3) is 0 Å². The second-order valence-corrected chi connectivity index (χ2v) is 6.87. The van der Waals surface area contributed by atoms with Crippen LogP contribution in [0, 0.1) is 5.92 Å². The van der Waals surface area contributed by atoms with Crippen molar-refractivity contribution in [3.05, 3.63) is 28.7 Å². The Kier molecular flexibility index (Phi) is 4.80. The summed E-state index contributed by atoms with van der Waals surface area (Å²) in [5.41, 5.74) is 0.595. The monoisotopic (exact) mass is 305 g/mol. The average Bonchev–Trinajstić information content (AvgIpc) is 2.14. The maximum Gasteiger partial charge on any atom is 0.232 e. The van der Waals surface area contributed by atoms with E-state index in [1.54, 1.807) is 18.2 Å². The Morgan fingerprint density at radius 3 is 2.62 bits per heavy atom. The van der Waals surface area contributed by atoms with Gasteiger partial charge >= 0.3 is 0 Å². The largest absolute Gasteiger partial charge is 0.284 e. The van der Waals surface area contributed by atoms with Crippen LogP contribution in [0.3, 0.4) is 0 Å². The van der Waals surface area contributed by atoms with Crippen molar-refractivity contribution in [2.75, 3.05) is 10.5 Å². The Balaban J connectivity index is 2.66. The summed E-state index contributed by atoms with van der Waals surface area (Å²) in [5.74, 6) is 0.552. The lowest BCUT2D eigenvalue weighted by molar-refractivity contribution is 0.578. The SMILES string of the molecule is CC(C)CCS(=O)(=O)Nc1cccc(Br)c1. The molecule has 1 N–H and O–H groups in total. The molecule has 0 radical (unpaired) electrons. The van der Waals surface area contributed by atoms with Gasteiger partial charge in [0.2, 0.25) is 10.0 Å². The molecule has 90 valence electrons. The molecular weight excluding hydrogens is 290 g/mol. The third-order valence-corrected chi connectivity index (χ3v) is 3.88. The summed E-state index contributed by atoms with van der Waals surface area (Å²) in [7, 11) is -3.22. The Bertz CT molecular complexity index is 443. The van der Waals surface area contributed by atoms with E-state index in [4.69, 9.17) is 0 Å². The number of hydrogen-bond acceptors (Lipinski definition) is 2. The van der Waals surface area contributed by atoms with Gasteiger partial charge in [-0.05, 0) is 30.5 Å². The Morgan fingerprint density at radius 2 is 2.06 bits per heavy atom. The zero-order chi connectivity index (χ0) is 12.2. The van der Waals surface area contributed by atoms with Gasteiger partial charge in [-0.2, -0.15) is 0 Å². The molecule has 0 saturated carbocycles. The van der Waals surface area contributed by atoms with Crippen LogP contribution in [0.15, 0.2) is 28.7 Å². The molecule has 0 aliphatic heterocycles. The fraction of sp³-hybridized carbons (Fsp3) is 0.455. The summed E-state index contributed by atoms with van der Waals surface area (Å²) < 4.78 is 26.8. The quantitative estimate of drug-likeness (QED) is 0.908. The lowest BCUT2D eigenvalue weighted by atomic mass is 10.2. The molecular formula is C11H16BrNO2S. The van der Waals surface area contributed by atoms with E-state index in [0.717, 1.165) is 4.47 Å². The molecule has 0 unspecified atom stereocenters. The number of benzene rings is 1. The molecule has 1 aromatic rings. The molecule has 0 bridgehead atoms. The van der Waals surface area contributed by atoms with Crippen LogP contribution in [0.25, 0.3) is 0 Å². The minimum Gasteiger partial charge on any atom is -0.284 e. The number of hydrogen-bond donors (Lipinski definition) is 1. The van der Waals surface area contributed by atoms with Crippen molar-refractivity contribution in [3.63, 3.8) is 0 Å². The van der Waals surface area contributed by atoms with Gasteiger partial charge in [-0.15, -0.1) is 0 Å². The van der Waals surface area contributed by atoms with Crippen molar-refractivity contribution < 1.29 is 8.42 Å². The fourth-order valence-corrected chi connectivity index (χ4v) is 2.94. The van der Waals surface area contributed by atoms with E-state index in [9.17, 15) is 8.42 Å². The van der Waals surface area contributed by atoms with E-state index >= 15 is 0 Å².